The van der Waals surface area contributed by atoms with Crippen LogP contribution < -0.4 is 10.2 Å². The average molecular weight is 328 g/mol. The van der Waals surface area contributed by atoms with Gasteiger partial charge in [-0.3, -0.25) is 4.90 Å². The largest absolute Gasteiger partial charge is 0.326 e. The fraction of sp³-hybridized carbons (Fsp3) is 0.136. The first kappa shape index (κ1) is 15.5. The molecule has 3 aromatic rings. The van der Waals surface area contributed by atoms with Crippen molar-refractivity contribution in [3.05, 3.63) is 84.4 Å². The molecule has 0 aliphatic carbocycles. The summed E-state index contributed by atoms with van der Waals surface area (Å²) in [4.78, 5) is 14.6. The Morgan fingerprint density at radius 2 is 1.52 bits per heavy atom. The molecule has 124 valence electrons. The van der Waals surface area contributed by atoms with Crippen LogP contribution in [0.2, 0.25) is 0 Å². The summed E-state index contributed by atoms with van der Waals surface area (Å²) < 4.78 is 0. The van der Waals surface area contributed by atoms with E-state index in [1.807, 2.05) is 65.6 Å². The number of nitrogens with zero attached hydrogens (tertiary/aromatic N) is 1. The van der Waals surface area contributed by atoms with Crippen LogP contribution in [0.3, 0.4) is 0 Å². The SMILES string of the molecule is CC1Cc2ccccc2N1C(=O)Nc1ccc(-c2ccccc2)cc1. The first-order valence-corrected chi connectivity index (χ1v) is 8.56. The van der Waals surface area contributed by atoms with Gasteiger partial charge < -0.3 is 5.32 Å². The van der Waals surface area contributed by atoms with Gasteiger partial charge in [-0.1, -0.05) is 60.7 Å². The molecule has 1 unspecified atom stereocenters. The van der Waals surface area contributed by atoms with Gasteiger partial charge >= 0.3 is 6.03 Å². The minimum Gasteiger partial charge on any atom is -0.308 e. The minimum atomic E-state index is -0.0788. The van der Waals surface area contributed by atoms with E-state index in [1.54, 1.807) is 0 Å². The van der Waals surface area contributed by atoms with Crippen molar-refractivity contribution in [3.8, 4) is 11.1 Å². The van der Waals surface area contributed by atoms with Gasteiger partial charge in [0.2, 0.25) is 0 Å². The van der Waals surface area contributed by atoms with Crippen molar-refractivity contribution in [2.75, 3.05) is 10.2 Å². The van der Waals surface area contributed by atoms with Gasteiger partial charge in [-0.15, -0.1) is 0 Å². The zero-order valence-corrected chi connectivity index (χ0v) is 14.1. The molecule has 0 saturated heterocycles. The molecule has 3 heteroatoms. The molecule has 0 fully saturated rings. The van der Waals surface area contributed by atoms with Crippen molar-refractivity contribution in [2.45, 2.75) is 19.4 Å². The number of benzene rings is 3. The third-order valence-corrected chi connectivity index (χ3v) is 4.67. The molecule has 1 N–H and O–H groups in total. The third-order valence-electron chi connectivity index (χ3n) is 4.67. The molecule has 0 spiro atoms. The number of para-hydroxylation sites is 1. The molecular formula is C22H20N2O. The van der Waals surface area contributed by atoms with E-state index in [1.165, 1.54) is 11.1 Å². The van der Waals surface area contributed by atoms with Crippen molar-refractivity contribution in [1.29, 1.82) is 0 Å². The van der Waals surface area contributed by atoms with E-state index in [2.05, 4.69) is 30.4 Å². The Morgan fingerprint density at radius 1 is 0.880 bits per heavy atom. The molecule has 0 saturated carbocycles. The average Bonchev–Trinajstić information content (AvgIpc) is 2.99. The molecule has 4 rings (SSSR count). The van der Waals surface area contributed by atoms with Gasteiger partial charge in [-0.25, -0.2) is 4.79 Å². The van der Waals surface area contributed by atoms with Crippen molar-refractivity contribution in [1.82, 2.24) is 0 Å². The van der Waals surface area contributed by atoms with Crippen LogP contribution in [0.25, 0.3) is 11.1 Å². The Morgan fingerprint density at radius 3 is 2.28 bits per heavy atom. The van der Waals surface area contributed by atoms with Gasteiger partial charge in [-0.05, 0) is 48.2 Å². The fourth-order valence-corrected chi connectivity index (χ4v) is 3.44. The number of anilines is 2. The molecule has 1 aliphatic rings. The van der Waals surface area contributed by atoms with Gasteiger partial charge in [0.25, 0.3) is 0 Å². The second kappa shape index (κ2) is 6.44. The number of amides is 2. The Bertz CT molecular complexity index is 887. The van der Waals surface area contributed by atoms with Crippen LogP contribution in [-0.4, -0.2) is 12.1 Å². The van der Waals surface area contributed by atoms with E-state index in [0.29, 0.717) is 0 Å². The molecule has 0 aromatic heterocycles. The molecule has 3 nitrogen and oxygen atoms in total. The van der Waals surface area contributed by atoms with Crippen molar-refractivity contribution in [2.24, 2.45) is 0 Å². The van der Waals surface area contributed by atoms with Gasteiger partial charge in [0.15, 0.2) is 0 Å². The lowest BCUT2D eigenvalue weighted by molar-refractivity contribution is 0.256. The van der Waals surface area contributed by atoms with Gasteiger partial charge in [0.1, 0.15) is 0 Å². The molecule has 1 aliphatic heterocycles. The molecule has 1 heterocycles. The number of urea groups is 1. The number of fused-ring (bicyclic) bond motifs is 1. The van der Waals surface area contributed by atoms with Crippen LogP contribution >= 0.6 is 0 Å². The van der Waals surface area contributed by atoms with Gasteiger partial charge in [0.05, 0.1) is 0 Å². The highest BCUT2D eigenvalue weighted by atomic mass is 16.2. The van der Waals surface area contributed by atoms with Gasteiger partial charge in [-0.2, -0.15) is 0 Å². The number of nitrogens with one attached hydrogen (secondary N) is 1. The number of rotatable bonds is 2. The van der Waals surface area contributed by atoms with E-state index < -0.39 is 0 Å². The lowest BCUT2D eigenvalue weighted by Crippen LogP contribution is -2.39. The summed E-state index contributed by atoms with van der Waals surface area (Å²) >= 11 is 0. The molecule has 0 bridgehead atoms. The van der Waals surface area contributed by atoms with Crippen molar-refractivity contribution in [3.63, 3.8) is 0 Å². The topological polar surface area (TPSA) is 32.3 Å². The maximum Gasteiger partial charge on any atom is 0.326 e. The summed E-state index contributed by atoms with van der Waals surface area (Å²) in [5.41, 5.74) is 5.35. The quantitative estimate of drug-likeness (QED) is 0.677. The normalized spacial score (nSPS) is 15.7. The smallest absolute Gasteiger partial charge is 0.308 e. The Hall–Kier alpha value is -3.07. The van der Waals surface area contributed by atoms with Crippen LogP contribution in [-0.2, 0) is 6.42 Å². The Labute approximate surface area is 147 Å². The highest BCUT2D eigenvalue weighted by Crippen LogP contribution is 2.32. The summed E-state index contributed by atoms with van der Waals surface area (Å²) in [6.45, 7) is 2.08. The van der Waals surface area contributed by atoms with Crippen LogP contribution in [0, 0.1) is 0 Å². The molecular weight excluding hydrogens is 308 g/mol. The van der Waals surface area contributed by atoms with Gasteiger partial charge in [0, 0.05) is 17.4 Å². The maximum atomic E-state index is 12.8. The molecule has 25 heavy (non-hydrogen) atoms. The lowest BCUT2D eigenvalue weighted by Gasteiger charge is -2.23. The number of hydrogen-bond donors (Lipinski definition) is 1. The van der Waals surface area contributed by atoms with E-state index in [4.69, 9.17) is 0 Å². The fourth-order valence-electron chi connectivity index (χ4n) is 3.44. The standard InChI is InChI=1S/C22H20N2O/c1-16-15-19-9-5-6-10-21(19)24(16)22(25)23-20-13-11-18(12-14-20)17-7-3-2-4-8-17/h2-14,16H,15H2,1H3,(H,23,25). The first-order valence-electron chi connectivity index (χ1n) is 8.56. The van der Waals surface area contributed by atoms with E-state index in [9.17, 15) is 4.79 Å². The predicted molar refractivity (Wildman–Crippen MR) is 103 cm³/mol. The number of hydrogen-bond acceptors (Lipinski definition) is 1. The molecule has 2 amide bonds. The van der Waals surface area contributed by atoms with Crippen LogP contribution in [0.1, 0.15) is 12.5 Å². The molecule has 0 radical (unpaired) electrons. The molecule has 3 aromatic carbocycles. The zero-order chi connectivity index (χ0) is 17.2. The summed E-state index contributed by atoms with van der Waals surface area (Å²) in [6, 6.07) is 26.4. The molecule has 1 atom stereocenters. The van der Waals surface area contributed by atoms with Crippen molar-refractivity contribution >= 4 is 17.4 Å². The number of carbonyl (C=O) groups is 1. The van der Waals surface area contributed by atoms with E-state index >= 15 is 0 Å². The zero-order valence-electron chi connectivity index (χ0n) is 14.1. The highest BCUT2D eigenvalue weighted by Gasteiger charge is 2.30. The number of carbonyl (C=O) groups excluding carboxylic acids is 1. The third kappa shape index (κ3) is 3.01. The second-order valence-electron chi connectivity index (χ2n) is 6.43. The Balaban J connectivity index is 1.52. The highest BCUT2D eigenvalue weighted by molar-refractivity contribution is 6.03. The van der Waals surface area contributed by atoms with Crippen LogP contribution in [0.4, 0.5) is 16.2 Å². The predicted octanol–water partition coefficient (Wildman–Crippen LogP) is 5.34. The minimum absolute atomic E-state index is 0.0788. The Kier molecular flexibility index (Phi) is 3.98. The summed E-state index contributed by atoms with van der Waals surface area (Å²) in [7, 11) is 0. The van der Waals surface area contributed by atoms with E-state index in [-0.39, 0.29) is 12.1 Å². The van der Waals surface area contributed by atoms with E-state index in [0.717, 1.165) is 23.4 Å². The maximum absolute atomic E-state index is 12.8. The summed E-state index contributed by atoms with van der Waals surface area (Å²) in [5.74, 6) is 0. The lowest BCUT2D eigenvalue weighted by atomic mass is 10.1. The monoisotopic (exact) mass is 328 g/mol. The summed E-state index contributed by atoms with van der Waals surface area (Å²) in [6.07, 6.45) is 0.899. The van der Waals surface area contributed by atoms with Crippen LogP contribution in [0.5, 0.6) is 0 Å². The van der Waals surface area contributed by atoms with Crippen LogP contribution in [0.15, 0.2) is 78.9 Å². The summed E-state index contributed by atoms with van der Waals surface area (Å²) in [5, 5.41) is 3.02. The van der Waals surface area contributed by atoms with Crippen molar-refractivity contribution < 1.29 is 4.79 Å². The second-order valence-corrected chi connectivity index (χ2v) is 6.43. The first-order chi connectivity index (χ1) is 12.2.